The van der Waals surface area contributed by atoms with E-state index in [0.717, 1.165) is 11.3 Å². The molecule has 0 aliphatic rings. The lowest BCUT2D eigenvalue weighted by atomic mass is 10.2. The van der Waals surface area contributed by atoms with Crippen molar-refractivity contribution in [3.63, 3.8) is 0 Å². The highest BCUT2D eigenvalue weighted by Gasteiger charge is 2.20. The number of nitrogens with one attached hydrogen (secondary N) is 1. The average Bonchev–Trinajstić information content (AvgIpc) is 2.80. The van der Waals surface area contributed by atoms with Crippen molar-refractivity contribution in [2.45, 2.75) is 31.8 Å². The Morgan fingerprint density at radius 2 is 2.15 bits per heavy atom. The number of nitrogens with two attached hydrogens (primary N) is 1. The van der Waals surface area contributed by atoms with E-state index >= 15 is 0 Å². The maximum absolute atomic E-state index is 12.2. The van der Waals surface area contributed by atoms with Crippen LogP contribution in [0.1, 0.15) is 18.2 Å². The lowest BCUT2D eigenvalue weighted by Crippen LogP contribution is -2.23. The molecule has 0 aromatic carbocycles. The molecule has 2 rings (SSSR count). The van der Waals surface area contributed by atoms with E-state index < -0.39 is 10.0 Å². The Kier molecular flexibility index (Phi) is 4.05. The molecule has 0 saturated heterocycles. The molecule has 0 amide bonds. The van der Waals surface area contributed by atoms with Gasteiger partial charge in [-0.1, -0.05) is 6.07 Å². The summed E-state index contributed by atoms with van der Waals surface area (Å²) in [4.78, 5) is 4.11. The second-order valence-electron chi connectivity index (χ2n) is 4.37. The molecule has 2 aromatic rings. The van der Waals surface area contributed by atoms with Crippen LogP contribution in [-0.4, -0.2) is 23.2 Å². The Hall–Kier alpha value is -1.93. The zero-order valence-electron chi connectivity index (χ0n) is 11.4. The SMILES string of the molecule is CCn1cc(S(=O)(=O)NCc2ccc(C)nc2)c(N)n1. The van der Waals surface area contributed by atoms with Crippen LogP contribution in [0.2, 0.25) is 0 Å². The Bertz CT molecular complexity index is 691. The normalized spacial score (nSPS) is 11.7. The van der Waals surface area contributed by atoms with Crippen LogP contribution in [-0.2, 0) is 23.1 Å². The standard InChI is InChI=1S/C12H17N5O2S/c1-3-17-8-11(12(13)16-17)20(18,19)15-7-10-5-4-9(2)14-6-10/h4-6,8,15H,3,7H2,1-2H3,(H2,13,16). The van der Waals surface area contributed by atoms with Gasteiger partial charge in [-0.3, -0.25) is 9.67 Å². The molecule has 3 N–H and O–H groups in total. The van der Waals surface area contributed by atoms with E-state index in [1.807, 2.05) is 26.0 Å². The van der Waals surface area contributed by atoms with Crippen LogP contribution in [0.15, 0.2) is 29.4 Å². The summed E-state index contributed by atoms with van der Waals surface area (Å²) in [5.74, 6) is 0.00128. The average molecular weight is 295 g/mol. The first-order chi connectivity index (χ1) is 9.42. The zero-order chi connectivity index (χ0) is 14.8. The summed E-state index contributed by atoms with van der Waals surface area (Å²) in [7, 11) is -3.67. The van der Waals surface area contributed by atoms with E-state index in [0.29, 0.717) is 6.54 Å². The van der Waals surface area contributed by atoms with Gasteiger partial charge in [0, 0.05) is 31.2 Å². The Morgan fingerprint density at radius 3 is 2.70 bits per heavy atom. The van der Waals surface area contributed by atoms with Crippen molar-refractivity contribution in [3.05, 3.63) is 35.8 Å². The number of nitrogen functional groups attached to an aromatic ring is 1. The number of aryl methyl sites for hydroxylation is 2. The topological polar surface area (TPSA) is 103 Å². The third kappa shape index (κ3) is 3.14. The molecule has 0 aliphatic heterocycles. The van der Waals surface area contributed by atoms with Gasteiger partial charge in [0.25, 0.3) is 0 Å². The van der Waals surface area contributed by atoms with Gasteiger partial charge in [0.2, 0.25) is 10.0 Å². The van der Waals surface area contributed by atoms with Crippen LogP contribution >= 0.6 is 0 Å². The Labute approximate surface area is 117 Å². The van der Waals surface area contributed by atoms with Crippen molar-refractivity contribution < 1.29 is 8.42 Å². The molecule has 0 unspecified atom stereocenters. The van der Waals surface area contributed by atoms with E-state index in [1.165, 1.54) is 10.9 Å². The second kappa shape index (κ2) is 5.59. The molecule has 0 bridgehead atoms. The predicted molar refractivity (Wildman–Crippen MR) is 75.3 cm³/mol. The van der Waals surface area contributed by atoms with Gasteiger partial charge >= 0.3 is 0 Å². The molecule has 108 valence electrons. The fourth-order valence-corrected chi connectivity index (χ4v) is 2.73. The summed E-state index contributed by atoms with van der Waals surface area (Å²) >= 11 is 0. The summed E-state index contributed by atoms with van der Waals surface area (Å²) in [6.07, 6.45) is 3.06. The fourth-order valence-electron chi connectivity index (χ4n) is 1.65. The lowest BCUT2D eigenvalue weighted by molar-refractivity contribution is 0.581. The smallest absolute Gasteiger partial charge is 0.246 e. The first-order valence-electron chi connectivity index (χ1n) is 6.16. The highest BCUT2D eigenvalue weighted by Crippen LogP contribution is 2.16. The molecule has 0 saturated carbocycles. The van der Waals surface area contributed by atoms with Gasteiger partial charge in [-0.25, -0.2) is 13.1 Å². The van der Waals surface area contributed by atoms with Gasteiger partial charge in [0.1, 0.15) is 4.90 Å². The van der Waals surface area contributed by atoms with Gasteiger partial charge < -0.3 is 5.73 Å². The Balaban J connectivity index is 2.14. The molecule has 0 spiro atoms. The quantitative estimate of drug-likeness (QED) is 0.843. The fraction of sp³-hybridized carbons (Fsp3) is 0.333. The van der Waals surface area contributed by atoms with E-state index in [2.05, 4.69) is 14.8 Å². The van der Waals surface area contributed by atoms with Gasteiger partial charge in [-0.05, 0) is 25.5 Å². The molecule has 20 heavy (non-hydrogen) atoms. The van der Waals surface area contributed by atoms with Crippen molar-refractivity contribution in [2.75, 3.05) is 5.73 Å². The molecular formula is C12H17N5O2S. The molecule has 0 radical (unpaired) electrons. The number of aromatic nitrogens is 3. The van der Waals surface area contributed by atoms with E-state index in [-0.39, 0.29) is 17.3 Å². The van der Waals surface area contributed by atoms with Crippen LogP contribution in [0.5, 0.6) is 0 Å². The molecule has 2 heterocycles. The highest BCUT2D eigenvalue weighted by atomic mass is 32.2. The first kappa shape index (κ1) is 14.5. The monoisotopic (exact) mass is 295 g/mol. The van der Waals surface area contributed by atoms with Crippen LogP contribution in [0.3, 0.4) is 0 Å². The van der Waals surface area contributed by atoms with Crippen LogP contribution in [0, 0.1) is 6.92 Å². The largest absolute Gasteiger partial charge is 0.381 e. The van der Waals surface area contributed by atoms with Crippen molar-refractivity contribution in [1.82, 2.24) is 19.5 Å². The third-order valence-electron chi connectivity index (χ3n) is 2.81. The summed E-state index contributed by atoms with van der Waals surface area (Å²) in [6.45, 7) is 4.44. The number of sulfonamides is 1. The molecule has 0 aliphatic carbocycles. The zero-order valence-corrected chi connectivity index (χ0v) is 12.2. The molecule has 0 fully saturated rings. The van der Waals surface area contributed by atoms with Gasteiger partial charge in [-0.2, -0.15) is 5.10 Å². The molecule has 0 atom stereocenters. The number of anilines is 1. The highest BCUT2D eigenvalue weighted by molar-refractivity contribution is 7.89. The summed E-state index contributed by atoms with van der Waals surface area (Å²) in [5, 5.41) is 3.92. The Morgan fingerprint density at radius 1 is 1.40 bits per heavy atom. The molecule has 7 nitrogen and oxygen atoms in total. The summed E-state index contributed by atoms with van der Waals surface area (Å²) in [5.41, 5.74) is 7.29. The number of hydrogen-bond donors (Lipinski definition) is 2. The van der Waals surface area contributed by atoms with Crippen molar-refractivity contribution in [1.29, 1.82) is 0 Å². The van der Waals surface area contributed by atoms with E-state index in [1.54, 1.807) is 6.20 Å². The molecule has 8 heteroatoms. The second-order valence-corrected chi connectivity index (χ2v) is 6.10. The minimum absolute atomic E-state index is 0.000536. The lowest BCUT2D eigenvalue weighted by Gasteiger charge is -2.05. The van der Waals surface area contributed by atoms with E-state index in [9.17, 15) is 8.42 Å². The first-order valence-corrected chi connectivity index (χ1v) is 7.65. The number of hydrogen-bond acceptors (Lipinski definition) is 5. The van der Waals surface area contributed by atoms with Crippen LogP contribution in [0.4, 0.5) is 5.82 Å². The van der Waals surface area contributed by atoms with Crippen LogP contribution in [0.25, 0.3) is 0 Å². The van der Waals surface area contributed by atoms with Crippen molar-refractivity contribution >= 4 is 15.8 Å². The van der Waals surface area contributed by atoms with Crippen molar-refractivity contribution in [2.24, 2.45) is 0 Å². The number of pyridine rings is 1. The minimum Gasteiger partial charge on any atom is -0.381 e. The van der Waals surface area contributed by atoms with Gasteiger partial charge in [-0.15, -0.1) is 0 Å². The number of nitrogens with zero attached hydrogens (tertiary/aromatic N) is 3. The van der Waals surface area contributed by atoms with Gasteiger partial charge in [0.05, 0.1) is 0 Å². The van der Waals surface area contributed by atoms with E-state index in [4.69, 9.17) is 5.73 Å². The molecular weight excluding hydrogens is 278 g/mol. The maximum Gasteiger partial charge on any atom is 0.246 e. The van der Waals surface area contributed by atoms with Crippen LogP contribution < -0.4 is 10.5 Å². The third-order valence-corrected chi connectivity index (χ3v) is 4.23. The molecule has 2 aromatic heterocycles. The van der Waals surface area contributed by atoms with Gasteiger partial charge in [0.15, 0.2) is 5.82 Å². The minimum atomic E-state index is -3.67. The maximum atomic E-state index is 12.2. The summed E-state index contributed by atoms with van der Waals surface area (Å²) in [6, 6.07) is 3.65. The summed E-state index contributed by atoms with van der Waals surface area (Å²) < 4.78 is 28.3. The predicted octanol–water partition coefficient (Wildman–Crippen LogP) is 0.667. The van der Waals surface area contributed by atoms with Crippen molar-refractivity contribution in [3.8, 4) is 0 Å². The number of rotatable bonds is 5.